The number of hydrogen-bond acceptors (Lipinski definition) is 2. The molecule has 1 aromatic heterocycles. The number of alkyl halides is 2. The standard InChI is InChI=1S/C14H17F2N3.2ClH/c15-14(16)13(19-7-5-17-6-8-19)11-9-18-12-4-2-1-3-10(11)12;;/h1-4,9,13-14,17-18H,5-8H2;2*1H/t13-;;/m0../s1. The van der Waals surface area contributed by atoms with E-state index < -0.39 is 12.5 Å². The molecule has 2 aromatic rings. The summed E-state index contributed by atoms with van der Waals surface area (Å²) in [7, 11) is 0. The molecule has 0 bridgehead atoms. The van der Waals surface area contributed by atoms with Gasteiger partial charge in [0.25, 0.3) is 6.43 Å². The molecule has 1 saturated heterocycles. The zero-order chi connectivity index (χ0) is 13.2. The SMILES string of the molecule is Cl.Cl.FC(F)[C@H](c1c[nH]c2ccccc12)N1CCNCC1. The normalized spacial score (nSPS) is 17.3. The third kappa shape index (κ3) is 3.66. The first kappa shape index (κ1) is 18.2. The lowest BCUT2D eigenvalue weighted by atomic mass is 10.0. The van der Waals surface area contributed by atoms with E-state index in [2.05, 4.69) is 10.3 Å². The zero-order valence-electron chi connectivity index (χ0n) is 11.4. The Kier molecular flexibility index (Phi) is 6.87. The van der Waals surface area contributed by atoms with Gasteiger partial charge in [-0.15, -0.1) is 24.8 Å². The molecule has 1 atom stereocenters. The second kappa shape index (κ2) is 7.94. The maximum Gasteiger partial charge on any atom is 0.258 e. The van der Waals surface area contributed by atoms with E-state index in [0.29, 0.717) is 18.7 Å². The molecule has 2 N–H and O–H groups in total. The first-order valence-electron chi connectivity index (χ1n) is 6.56. The van der Waals surface area contributed by atoms with Crippen LogP contribution in [-0.4, -0.2) is 42.5 Å². The highest BCUT2D eigenvalue weighted by molar-refractivity contribution is 5.85. The molecule has 1 aromatic carbocycles. The number of rotatable bonds is 3. The highest BCUT2D eigenvalue weighted by atomic mass is 35.5. The Morgan fingerprint density at radius 3 is 2.38 bits per heavy atom. The van der Waals surface area contributed by atoms with E-state index in [-0.39, 0.29) is 24.8 Å². The predicted octanol–water partition coefficient (Wildman–Crippen LogP) is 3.22. The smallest absolute Gasteiger partial charge is 0.258 e. The summed E-state index contributed by atoms with van der Waals surface area (Å²) in [6, 6.07) is 6.79. The maximum absolute atomic E-state index is 13.5. The van der Waals surface area contributed by atoms with E-state index in [1.807, 2.05) is 29.2 Å². The van der Waals surface area contributed by atoms with Crippen molar-refractivity contribution in [3.63, 3.8) is 0 Å². The van der Waals surface area contributed by atoms with Crippen LogP contribution in [0.2, 0.25) is 0 Å². The van der Waals surface area contributed by atoms with E-state index in [1.165, 1.54) is 0 Å². The van der Waals surface area contributed by atoms with Gasteiger partial charge in [0.1, 0.15) is 0 Å². The third-order valence-corrected chi connectivity index (χ3v) is 3.72. The first-order chi connectivity index (χ1) is 9.27. The summed E-state index contributed by atoms with van der Waals surface area (Å²) in [6.45, 7) is 2.86. The number of aromatic nitrogens is 1. The van der Waals surface area contributed by atoms with Crippen LogP contribution in [0.25, 0.3) is 10.9 Å². The van der Waals surface area contributed by atoms with Gasteiger partial charge in [0, 0.05) is 48.8 Å². The number of hydrogen-bond donors (Lipinski definition) is 2. The number of piperazine rings is 1. The lowest BCUT2D eigenvalue weighted by molar-refractivity contribution is 0.0189. The molecule has 118 valence electrons. The summed E-state index contributed by atoms with van der Waals surface area (Å²) in [5.41, 5.74) is 1.62. The van der Waals surface area contributed by atoms with Gasteiger partial charge in [0.15, 0.2) is 0 Å². The van der Waals surface area contributed by atoms with Crippen molar-refractivity contribution in [2.45, 2.75) is 12.5 Å². The average Bonchev–Trinajstić information content (AvgIpc) is 2.84. The minimum Gasteiger partial charge on any atom is -0.361 e. The summed E-state index contributed by atoms with van der Waals surface area (Å²) in [6.07, 6.45) is -0.652. The summed E-state index contributed by atoms with van der Waals surface area (Å²) in [5.74, 6) is 0. The number of aromatic amines is 1. The summed E-state index contributed by atoms with van der Waals surface area (Å²) >= 11 is 0. The maximum atomic E-state index is 13.5. The fourth-order valence-electron chi connectivity index (χ4n) is 2.79. The fraction of sp³-hybridized carbons (Fsp3) is 0.429. The summed E-state index contributed by atoms with van der Waals surface area (Å²) in [4.78, 5) is 4.96. The number of nitrogens with one attached hydrogen (secondary N) is 2. The molecule has 21 heavy (non-hydrogen) atoms. The van der Waals surface area contributed by atoms with Crippen LogP contribution in [0.1, 0.15) is 11.6 Å². The first-order valence-corrected chi connectivity index (χ1v) is 6.56. The predicted molar refractivity (Wildman–Crippen MR) is 86.0 cm³/mol. The largest absolute Gasteiger partial charge is 0.361 e. The van der Waals surface area contributed by atoms with Crippen LogP contribution in [0.5, 0.6) is 0 Å². The number of nitrogens with zero attached hydrogens (tertiary/aromatic N) is 1. The van der Waals surface area contributed by atoms with Gasteiger partial charge >= 0.3 is 0 Å². The molecule has 0 spiro atoms. The van der Waals surface area contributed by atoms with Crippen molar-refractivity contribution in [2.24, 2.45) is 0 Å². The second-order valence-electron chi connectivity index (χ2n) is 4.85. The van der Waals surface area contributed by atoms with Gasteiger partial charge in [0.2, 0.25) is 0 Å². The number of benzene rings is 1. The molecule has 7 heteroatoms. The van der Waals surface area contributed by atoms with Crippen molar-refractivity contribution in [1.29, 1.82) is 0 Å². The van der Waals surface area contributed by atoms with Gasteiger partial charge in [-0.1, -0.05) is 18.2 Å². The molecule has 1 aliphatic rings. The van der Waals surface area contributed by atoms with Crippen LogP contribution in [0, 0.1) is 0 Å². The molecule has 2 heterocycles. The van der Waals surface area contributed by atoms with Crippen molar-refractivity contribution in [1.82, 2.24) is 15.2 Å². The lowest BCUT2D eigenvalue weighted by Gasteiger charge is -2.34. The van der Waals surface area contributed by atoms with E-state index in [0.717, 1.165) is 24.0 Å². The average molecular weight is 338 g/mol. The fourth-order valence-corrected chi connectivity index (χ4v) is 2.79. The highest BCUT2D eigenvalue weighted by Crippen LogP contribution is 2.32. The third-order valence-electron chi connectivity index (χ3n) is 3.72. The molecule has 0 radical (unpaired) electrons. The van der Waals surface area contributed by atoms with E-state index in [4.69, 9.17) is 0 Å². The van der Waals surface area contributed by atoms with Crippen molar-refractivity contribution >= 4 is 35.7 Å². The number of fused-ring (bicyclic) bond motifs is 1. The Morgan fingerprint density at radius 1 is 1.05 bits per heavy atom. The van der Waals surface area contributed by atoms with Crippen LogP contribution in [0.15, 0.2) is 30.5 Å². The Hall–Kier alpha value is -0.880. The molecular formula is C14H19Cl2F2N3. The van der Waals surface area contributed by atoms with Gasteiger partial charge in [-0.3, -0.25) is 4.90 Å². The van der Waals surface area contributed by atoms with Crippen LogP contribution in [0.3, 0.4) is 0 Å². The molecule has 0 amide bonds. The lowest BCUT2D eigenvalue weighted by Crippen LogP contribution is -2.46. The Bertz CT molecular complexity index is 556. The molecular weight excluding hydrogens is 319 g/mol. The van der Waals surface area contributed by atoms with Crippen LogP contribution in [0.4, 0.5) is 8.78 Å². The molecule has 0 aliphatic carbocycles. The molecule has 1 aliphatic heterocycles. The Morgan fingerprint density at radius 2 is 1.71 bits per heavy atom. The monoisotopic (exact) mass is 337 g/mol. The quantitative estimate of drug-likeness (QED) is 0.900. The number of halogens is 4. The van der Waals surface area contributed by atoms with Crippen molar-refractivity contribution in [3.8, 4) is 0 Å². The van der Waals surface area contributed by atoms with E-state index in [9.17, 15) is 8.78 Å². The summed E-state index contributed by atoms with van der Waals surface area (Å²) < 4.78 is 27.0. The zero-order valence-corrected chi connectivity index (χ0v) is 13.0. The van der Waals surface area contributed by atoms with Gasteiger partial charge in [-0.2, -0.15) is 0 Å². The number of para-hydroxylation sites is 1. The van der Waals surface area contributed by atoms with Crippen molar-refractivity contribution in [3.05, 3.63) is 36.0 Å². The van der Waals surface area contributed by atoms with Crippen molar-refractivity contribution < 1.29 is 8.78 Å². The van der Waals surface area contributed by atoms with Crippen LogP contribution < -0.4 is 5.32 Å². The van der Waals surface area contributed by atoms with Gasteiger partial charge in [0.05, 0.1) is 6.04 Å². The van der Waals surface area contributed by atoms with Gasteiger partial charge in [-0.25, -0.2) is 8.78 Å². The van der Waals surface area contributed by atoms with Crippen LogP contribution >= 0.6 is 24.8 Å². The molecule has 0 unspecified atom stereocenters. The van der Waals surface area contributed by atoms with Crippen LogP contribution in [-0.2, 0) is 0 Å². The van der Waals surface area contributed by atoms with E-state index in [1.54, 1.807) is 6.20 Å². The summed E-state index contributed by atoms with van der Waals surface area (Å²) in [5, 5.41) is 4.09. The van der Waals surface area contributed by atoms with Gasteiger partial charge < -0.3 is 10.3 Å². The topological polar surface area (TPSA) is 31.1 Å². The molecule has 3 nitrogen and oxygen atoms in total. The molecule has 0 saturated carbocycles. The minimum absolute atomic E-state index is 0. The molecule has 1 fully saturated rings. The second-order valence-corrected chi connectivity index (χ2v) is 4.85. The van der Waals surface area contributed by atoms with E-state index >= 15 is 0 Å². The van der Waals surface area contributed by atoms with Crippen molar-refractivity contribution in [2.75, 3.05) is 26.2 Å². The number of H-pyrrole nitrogens is 1. The van der Waals surface area contributed by atoms with Gasteiger partial charge in [-0.05, 0) is 6.07 Å². The Labute approximate surface area is 134 Å². The molecule has 3 rings (SSSR count). The highest BCUT2D eigenvalue weighted by Gasteiger charge is 2.31. The minimum atomic E-state index is -2.38. The Balaban J connectivity index is 0.00000110.